The molecule has 0 bridgehead atoms. The quantitative estimate of drug-likeness (QED) is 0.811. The molecule has 0 saturated heterocycles. The molecule has 4 nitrogen and oxygen atoms in total. The fraction of sp³-hybridized carbons (Fsp3) is 0.647. The highest BCUT2D eigenvalue weighted by atomic mass is 16.5. The third-order valence-electron chi connectivity index (χ3n) is 3.57. The van der Waals surface area contributed by atoms with Crippen LogP contribution in [0.25, 0.3) is 0 Å². The van der Waals surface area contributed by atoms with Gasteiger partial charge in [0.25, 0.3) is 0 Å². The minimum Gasteiger partial charge on any atom is -0.490 e. The molecule has 21 heavy (non-hydrogen) atoms. The van der Waals surface area contributed by atoms with Crippen LogP contribution in [0.15, 0.2) is 18.2 Å². The lowest BCUT2D eigenvalue weighted by molar-refractivity contribution is 0.131. The minimum absolute atomic E-state index is 0.0686. The highest BCUT2D eigenvalue weighted by Gasteiger charge is 2.32. The maximum Gasteiger partial charge on any atom is 0.165 e. The van der Waals surface area contributed by atoms with Crippen molar-refractivity contribution in [1.82, 2.24) is 5.32 Å². The van der Waals surface area contributed by atoms with E-state index in [9.17, 15) is 5.11 Å². The van der Waals surface area contributed by atoms with Crippen molar-refractivity contribution >= 4 is 0 Å². The highest BCUT2D eigenvalue weighted by Crippen LogP contribution is 2.41. The van der Waals surface area contributed by atoms with Crippen molar-refractivity contribution in [3.63, 3.8) is 0 Å². The van der Waals surface area contributed by atoms with E-state index in [0.717, 1.165) is 24.3 Å². The molecule has 1 aromatic rings. The van der Waals surface area contributed by atoms with Crippen LogP contribution in [-0.4, -0.2) is 36.0 Å². The molecule has 118 valence electrons. The normalized spacial score (nSPS) is 17.4. The second-order valence-electron chi connectivity index (χ2n) is 6.62. The van der Waals surface area contributed by atoms with E-state index >= 15 is 0 Å². The van der Waals surface area contributed by atoms with Gasteiger partial charge in [-0.3, -0.25) is 0 Å². The summed E-state index contributed by atoms with van der Waals surface area (Å²) in [7, 11) is 0. The van der Waals surface area contributed by atoms with Gasteiger partial charge in [-0.15, -0.1) is 0 Å². The monoisotopic (exact) mass is 293 g/mol. The largest absolute Gasteiger partial charge is 0.490 e. The predicted molar refractivity (Wildman–Crippen MR) is 84.1 cm³/mol. The average Bonchev–Trinajstić information content (AvgIpc) is 2.72. The van der Waals surface area contributed by atoms with E-state index in [-0.39, 0.29) is 18.2 Å². The van der Waals surface area contributed by atoms with Gasteiger partial charge in [-0.25, -0.2) is 0 Å². The first-order valence-corrected chi connectivity index (χ1v) is 7.72. The van der Waals surface area contributed by atoms with Crippen molar-refractivity contribution in [2.75, 3.05) is 13.2 Å². The average molecular weight is 293 g/mol. The van der Waals surface area contributed by atoms with Crippen molar-refractivity contribution < 1.29 is 14.6 Å². The van der Waals surface area contributed by atoms with E-state index < -0.39 is 0 Å². The highest BCUT2D eigenvalue weighted by molar-refractivity contribution is 5.50. The van der Waals surface area contributed by atoms with Gasteiger partial charge in [0.15, 0.2) is 11.5 Å². The van der Waals surface area contributed by atoms with Gasteiger partial charge >= 0.3 is 0 Å². The number of para-hydroxylation sites is 1. The summed E-state index contributed by atoms with van der Waals surface area (Å²) in [6.45, 7) is 9.01. The maximum absolute atomic E-state index is 9.35. The molecule has 1 heterocycles. The van der Waals surface area contributed by atoms with Crippen LogP contribution in [0.5, 0.6) is 11.5 Å². The number of hydrogen-bond acceptors (Lipinski definition) is 4. The van der Waals surface area contributed by atoms with E-state index in [0.29, 0.717) is 12.6 Å². The van der Waals surface area contributed by atoms with E-state index in [1.54, 1.807) is 0 Å². The van der Waals surface area contributed by atoms with Crippen LogP contribution >= 0.6 is 0 Å². The Bertz CT molecular complexity index is 471. The molecule has 1 aliphatic rings. The zero-order valence-electron chi connectivity index (χ0n) is 13.5. The van der Waals surface area contributed by atoms with Crippen LogP contribution in [0, 0.1) is 0 Å². The fourth-order valence-corrected chi connectivity index (χ4v) is 2.71. The van der Waals surface area contributed by atoms with Crippen LogP contribution in [0.4, 0.5) is 0 Å². The van der Waals surface area contributed by atoms with E-state index in [1.165, 1.54) is 5.56 Å². The molecule has 0 fully saturated rings. The zero-order valence-corrected chi connectivity index (χ0v) is 13.5. The van der Waals surface area contributed by atoms with Crippen LogP contribution < -0.4 is 14.8 Å². The second kappa shape index (κ2) is 6.67. The van der Waals surface area contributed by atoms with Gasteiger partial charge in [-0.1, -0.05) is 26.0 Å². The summed E-state index contributed by atoms with van der Waals surface area (Å²) in [5, 5.41) is 12.7. The molecule has 0 amide bonds. The van der Waals surface area contributed by atoms with E-state index in [1.807, 2.05) is 12.1 Å². The second-order valence-corrected chi connectivity index (χ2v) is 6.62. The van der Waals surface area contributed by atoms with Gasteiger partial charge in [-0.2, -0.15) is 0 Å². The van der Waals surface area contributed by atoms with Gasteiger partial charge in [0.2, 0.25) is 0 Å². The number of benzene rings is 1. The molecule has 1 atom stereocenters. The maximum atomic E-state index is 9.35. The molecule has 0 radical (unpaired) electrons. The summed E-state index contributed by atoms with van der Waals surface area (Å²) in [5.74, 6) is 1.68. The number of fused-ring (bicyclic) bond motifs is 1. The Hall–Kier alpha value is -1.26. The number of nitrogens with one attached hydrogen (secondary N) is 1. The summed E-state index contributed by atoms with van der Waals surface area (Å²) in [4.78, 5) is 0. The number of aliphatic hydroxyl groups excluding tert-OH is 1. The molecule has 2 rings (SSSR count). The molecule has 0 spiro atoms. The van der Waals surface area contributed by atoms with Crippen molar-refractivity contribution in [2.45, 2.75) is 58.2 Å². The molecular weight excluding hydrogens is 266 g/mol. The van der Waals surface area contributed by atoms with Gasteiger partial charge in [0.1, 0.15) is 5.60 Å². The van der Waals surface area contributed by atoms with Crippen molar-refractivity contribution in [1.29, 1.82) is 0 Å². The Morgan fingerprint density at radius 2 is 2.14 bits per heavy atom. The van der Waals surface area contributed by atoms with Gasteiger partial charge < -0.3 is 19.9 Å². The predicted octanol–water partition coefficient (Wildman–Crippen LogP) is 2.53. The molecule has 4 heteroatoms. The molecule has 1 aromatic carbocycles. The molecule has 2 N–H and O–H groups in total. The molecular formula is C17H27NO3. The van der Waals surface area contributed by atoms with Crippen molar-refractivity contribution in [3.05, 3.63) is 23.8 Å². The molecule has 1 unspecified atom stereocenters. The Morgan fingerprint density at radius 1 is 1.38 bits per heavy atom. The molecule has 1 aliphatic heterocycles. The van der Waals surface area contributed by atoms with Gasteiger partial charge in [0.05, 0.1) is 13.2 Å². The first-order chi connectivity index (χ1) is 9.91. The Morgan fingerprint density at radius 3 is 2.81 bits per heavy atom. The Labute approximate surface area is 127 Å². The SMILES string of the molecule is CC(C)NC(CO)CCOc1cccc2c1OC(C)(C)C2. The van der Waals surface area contributed by atoms with E-state index in [2.05, 4.69) is 39.1 Å². The smallest absolute Gasteiger partial charge is 0.165 e. The third kappa shape index (κ3) is 4.35. The zero-order chi connectivity index (χ0) is 15.5. The lowest BCUT2D eigenvalue weighted by atomic mass is 10.0. The fourth-order valence-electron chi connectivity index (χ4n) is 2.71. The minimum atomic E-state index is -0.158. The number of ether oxygens (including phenoxy) is 2. The summed E-state index contributed by atoms with van der Waals surface area (Å²) >= 11 is 0. The number of aliphatic hydroxyl groups is 1. The van der Waals surface area contributed by atoms with Crippen molar-refractivity contribution in [3.8, 4) is 11.5 Å². The van der Waals surface area contributed by atoms with Crippen LogP contribution in [-0.2, 0) is 6.42 Å². The Kier molecular flexibility index (Phi) is 5.12. The standard InChI is InChI=1S/C17H27NO3/c1-12(2)18-14(11-19)8-9-20-15-7-5-6-13-10-17(3,4)21-16(13)15/h5-7,12,14,18-19H,8-11H2,1-4H3. The molecule has 0 saturated carbocycles. The third-order valence-corrected chi connectivity index (χ3v) is 3.57. The topological polar surface area (TPSA) is 50.7 Å². The molecule has 0 aliphatic carbocycles. The number of rotatable bonds is 7. The molecule has 0 aromatic heterocycles. The first kappa shape index (κ1) is 16.1. The summed E-state index contributed by atoms with van der Waals surface area (Å²) in [6.07, 6.45) is 1.68. The Balaban J connectivity index is 1.92. The summed E-state index contributed by atoms with van der Waals surface area (Å²) in [5.41, 5.74) is 1.05. The van der Waals surface area contributed by atoms with E-state index in [4.69, 9.17) is 9.47 Å². The van der Waals surface area contributed by atoms with Gasteiger partial charge in [0, 0.05) is 24.1 Å². The van der Waals surface area contributed by atoms with Crippen LogP contribution in [0.1, 0.15) is 39.7 Å². The van der Waals surface area contributed by atoms with Crippen LogP contribution in [0.2, 0.25) is 0 Å². The summed E-state index contributed by atoms with van der Waals surface area (Å²) < 4.78 is 11.9. The van der Waals surface area contributed by atoms with Crippen LogP contribution in [0.3, 0.4) is 0 Å². The summed E-state index contributed by atoms with van der Waals surface area (Å²) in [6, 6.07) is 6.47. The lowest BCUT2D eigenvalue weighted by Crippen LogP contribution is -2.38. The van der Waals surface area contributed by atoms with Gasteiger partial charge in [-0.05, 0) is 26.3 Å². The number of hydrogen-bond donors (Lipinski definition) is 2. The lowest BCUT2D eigenvalue weighted by Gasteiger charge is -2.20. The first-order valence-electron chi connectivity index (χ1n) is 7.72. The van der Waals surface area contributed by atoms with Crippen molar-refractivity contribution in [2.24, 2.45) is 0 Å².